The highest BCUT2D eigenvalue weighted by molar-refractivity contribution is 6.30. The molecule has 5 nitrogen and oxygen atoms in total. The number of carbonyl (C=O) groups is 2. The first-order chi connectivity index (χ1) is 13.0. The number of hydrogen-bond acceptors (Lipinski definition) is 3. The number of benzene rings is 2. The van der Waals surface area contributed by atoms with Gasteiger partial charge in [-0.3, -0.25) is 9.59 Å². The standard InChI is InChI=1S/C21H25ClN2O3/c1-16(25)23-20(17-7-4-3-5-8-17)15-21(26)24(2)13-6-14-27-19-11-9-18(22)10-12-19/h3-5,7-12,20H,6,13-15H2,1-2H3,(H,23,25). The average molecular weight is 389 g/mol. The van der Waals surface area contributed by atoms with Crippen LogP contribution in [0.2, 0.25) is 5.02 Å². The highest BCUT2D eigenvalue weighted by atomic mass is 35.5. The lowest BCUT2D eigenvalue weighted by molar-refractivity contribution is -0.130. The van der Waals surface area contributed by atoms with E-state index in [9.17, 15) is 9.59 Å². The van der Waals surface area contributed by atoms with Crippen molar-refractivity contribution in [3.05, 3.63) is 65.2 Å². The molecule has 1 unspecified atom stereocenters. The molecule has 1 N–H and O–H groups in total. The van der Waals surface area contributed by atoms with Crippen molar-refractivity contribution in [3.8, 4) is 5.75 Å². The van der Waals surface area contributed by atoms with E-state index in [1.165, 1.54) is 6.92 Å². The van der Waals surface area contributed by atoms with E-state index in [0.717, 1.165) is 11.3 Å². The van der Waals surface area contributed by atoms with Gasteiger partial charge in [-0.2, -0.15) is 0 Å². The summed E-state index contributed by atoms with van der Waals surface area (Å²) in [5.41, 5.74) is 0.917. The van der Waals surface area contributed by atoms with Gasteiger partial charge < -0.3 is 15.0 Å². The highest BCUT2D eigenvalue weighted by Crippen LogP contribution is 2.18. The van der Waals surface area contributed by atoms with Gasteiger partial charge in [-0.1, -0.05) is 41.9 Å². The molecule has 2 rings (SSSR count). The third-order valence-electron chi connectivity index (χ3n) is 4.10. The topological polar surface area (TPSA) is 58.6 Å². The Balaban J connectivity index is 1.80. The molecule has 144 valence electrons. The first kappa shape index (κ1) is 20.8. The third-order valence-corrected chi connectivity index (χ3v) is 4.36. The van der Waals surface area contributed by atoms with Crippen LogP contribution in [-0.4, -0.2) is 36.9 Å². The van der Waals surface area contributed by atoms with Crippen molar-refractivity contribution in [1.82, 2.24) is 10.2 Å². The van der Waals surface area contributed by atoms with Crippen LogP contribution < -0.4 is 10.1 Å². The van der Waals surface area contributed by atoms with E-state index < -0.39 is 0 Å². The van der Waals surface area contributed by atoms with Crippen molar-refractivity contribution in [2.75, 3.05) is 20.2 Å². The lowest BCUT2D eigenvalue weighted by Gasteiger charge is -2.22. The largest absolute Gasteiger partial charge is 0.494 e. The van der Waals surface area contributed by atoms with Crippen molar-refractivity contribution in [2.45, 2.75) is 25.8 Å². The van der Waals surface area contributed by atoms with Gasteiger partial charge in [0.15, 0.2) is 0 Å². The van der Waals surface area contributed by atoms with Gasteiger partial charge in [-0.05, 0) is 36.2 Å². The van der Waals surface area contributed by atoms with Crippen molar-refractivity contribution in [2.24, 2.45) is 0 Å². The van der Waals surface area contributed by atoms with Crippen LogP contribution in [0.25, 0.3) is 0 Å². The Labute approximate surface area is 165 Å². The van der Waals surface area contributed by atoms with Gasteiger partial charge in [0.2, 0.25) is 11.8 Å². The van der Waals surface area contributed by atoms with Gasteiger partial charge in [0.1, 0.15) is 5.75 Å². The average Bonchev–Trinajstić information content (AvgIpc) is 2.66. The number of hydrogen-bond donors (Lipinski definition) is 1. The molecule has 0 saturated heterocycles. The number of rotatable bonds is 9. The summed E-state index contributed by atoms with van der Waals surface area (Å²) in [5.74, 6) is 0.572. The van der Waals surface area contributed by atoms with Crippen LogP contribution in [0.5, 0.6) is 5.75 Å². The van der Waals surface area contributed by atoms with Crippen LogP contribution in [-0.2, 0) is 9.59 Å². The molecule has 0 aromatic heterocycles. The van der Waals surface area contributed by atoms with Gasteiger partial charge in [-0.15, -0.1) is 0 Å². The third kappa shape index (κ3) is 7.31. The molecule has 0 fully saturated rings. The van der Waals surface area contributed by atoms with Crippen molar-refractivity contribution in [1.29, 1.82) is 0 Å². The Hall–Kier alpha value is -2.53. The number of amides is 2. The van der Waals surface area contributed by atoms with E-state index in [4.69, 9.17) is 16.3 Å². The Kier molecular flexibility index (Phi) is 8.14. The predicted molar refractivity (Wildman–Crippen MR) is 107 cm³/mol. The molecule has 0 saturated carbocycles. The molecule has 2 amide bonds. The smallest absolute Gasteiger partial charge is 0.224 e. The van der Waals surface area contributed by atoms with Crippen LogP contribution in [0.1, 0.15) is 31.4 Å². The summed E-state index contributed by atoms with van der Waals surface area (Å²) in [6.45, 7) is 2.54. The first-order valence-electron chi connectivity index (χ1n) is 8.90. The fourth-order valence-electron chi connectivity index (χ4n) is 2.66. The number of halogens is 1. The summed E-state index contributed by atoms with van der Waals surface area (Å²) in [6, 6.07) is 16.4. The number of carbonyl (C=O) groups excluding carboxylic acids is 2. The fraction of sp³-hybridized carbons (Fsp3) is 0.333. The zero-order valence-electron chi connectivity index (χ0n) is 15.7. The molecule has 1 atom stereocenters. The Bertz CT molecular complexity index is 735. The Morgan fingerprint density at radius 1 is 1.11 bits per heavy atom. The van der Waals surface area contributed by atoms with E-state index >= 15 is 0 Å². The minimum atomic E-state index is -0.330. The molecular weight excluding hydrogens is 364 g/mol. The van der Waals surface area contributed by atoms with Crippen LogP contribution in [0, 0.1) is 0 Å². The summed E-state index contributed by atoms with van der Waals surface area (Å²) in [5, 5.41) is 3.52. The lowest BCUT2D eigenvalue weighted by atomic mass is 10.0. The number of nitrogens with zero attached hydrogens (tertiary/aromatic N) is 1. The van der Waals surface area contributed by atoms with Gasteiger partial charge >= 0.3 is 0 Å². The van der Waals surface area contributed by atoms with Gasteiger partial charge in [0.25, 0.3) is 0 Å². The zero-order chi connectivity index (χ0) is 19.6. The lowest BCUT2D eigenvalue weighted by Crippen LogP contribution is -2.34. The van der Waals surface area contributed by atoms with Crippen LogP contribution in [0.3, 0.4) is 0 Å². The second kappa shape index (κ2) is 10.6. The molecule has 2 aromatic rings. The molecule has 6 heteroatoms. The maximum atomic E-state index is 12.5. The SMILES string of the molecule is CC(=O)NC(CC(=O)N(C)CCCOc1ccc(Cl)cc1)c1ccccc1. The minimum absolute atomic E-state index is 0.0240. The van der Waals surface area contributed by atoms with Gasteiger partial charge in [-0.25, -0.2) is 0 Å². The number of ether oxygens (including phenoxy) is 1. The summed E-state index contributed by atoms with van der Waals surface area (Å²) in [4.78, 5) is 25.7. The normalized spacial score (nSPS) is 11.5. The Morgan fingerprint density at radius 3 is 2.41 bits per heavy atom. The molecule has 0 spiro atoms. The molecule has 27 heavy (non-hydrogen) atoms. The number of nitrogens with one attached hydrogen (secondary N) is 1. The van der Waals surface area contributed by atoms with E-state index in [-0.39, 0.29) is 24.3 Å². The van der Waals surface area contributed by atoms with E-state index in [0.29, 0.717) is 24.6 Å². The highest BCUT2D eigenvalue weighted by Gasteiger charge is 2.19. The van der Waals surface area contributed by atoms with Crippen LogP contribution >= 0.6 is 11.6 Å². The van der Waals surface area contributed by atoms with E-state index in [1.807, 2.05) is 42.5 Å². The van der Waals surface area contributed by atoms with Crippen LogP contribution in [0.4, 0.5) is 0 Å². The summed E-state index contributed by atoms with van der Waals surface area (Å²) < 4.78 is 5.64. The van der Waals surface area contributed by atoms with E-state index in [2.05, 4.69) is 5.32 Å². The molecule has 0 bridgehead atoms. The molecule has 0 aliphatic heterocycles. The Morgan fingerprint density at radius 2 is 1.78 bits per heavy atom. The zero-order valence-corrected chi connectivity index (χ0v) is 16.4. The monoisotopic (exact) mass is 388 g/mol. The summed E-state index contributed by atoms with van der Waals surface area (Å²) in [6.07, 6.45) is 0.930. The molecular formula is C21H25ClN2O3. The first-order valence-corrected chi connectivity index (χ1v) is 9.28. The minimum Gasteiger partial charge on any atom is -0.494 e. The van der Waals surface area contributed by atoms with Crippen molar-refractivity contribution in [3.63, 3.8) is 0 Å². The molecule has 0 aliphatic rings. The summed E-state index contributed by atoms with van der Waals surface area (Å²) in [7, 11) is 1.76. The van der Waals surface area contributed by atoms with Crippen LogP contribution in [0.15, 0.2) is 54.6 Å². The van der Waals surface area contributed by atoms with Crippen molar-refractivity contribution < 1.29 is 14.3 Å². The fourth-order valence-corrected chi connectivity index (χ4v) is 2.79. The second-order valence-corrected chi connectivity index (χ2v) is 6.78. The maximum absolute atomic E-state index is 12.5. The van der Waals surface area contributed by atoms with E-state index in [1.54, 1.807) is 24.1 Å². The van der Waals surface area contributed by atoms with Crippen molar-refractivity contribution >= 4 is 23.4 Å². The molecule has 0 radical (unpaired) electrons. The van der Waals surface area contributed by atoms with Gasteiger partial charge in [0, 0.05) is 25.5 Å². The molecule has 2 aromatic carbocycles. The summed E-state index contributed by atoms with van der Waals surface area (Å²) >= 11 is 5.84. The molecule has 0 aliphatic carbocycles. The second-order valence-electron chi connectivity index (χ2n) is 6.34. The van der Waals surface area contributed by atoms with Gasteiger partial charge in [0.05, 0.1) is 19.1 Å². The quantitative estimate of drug-likeness (QED) is 0.664. The molecule has 0 heterocycles. The predicted octanol–water partition coefficient (Wildman–Crippen LogP) is 3.83. The maximum Gasteiger partial charge on any atom is 0.224 e.